The third-order valence-corrected chi connectivity index (χ3v) is 4.83. The minimum absolute atomic E-state index is 0.0748. The number of thiazole rings is 1. The molecule has 1 atom stereocenters. The van der Waals surface area contributed by atoms with Crippen molar-refractivity contribution < 1.29 is 13.2 Å². The van der Waals surface area contributed by atoms with Gasteiger partial charge in [0.15, 0.2) is 5.69 Å². The highest BCUT2D eigenvalue weighted by molar-refractivity contribution is 7.11. The van der Waals surface area contributed by atoms with Crippen LogP contribution in [0, 0.1) is 0 Å². The second-order valence-electron chi connectivity index (χ2n) is 5.46. The van der Waals surface area contributed by atoms with Gasteiger partial charge in [-0.3, -0.25) is 4.90 Å². The highest BCUT2D eigenvalue weighted by Crippen LogP contribution is 2.37. The normalized spacial score (nSPS) is 22.5. The molecule has 120 valence electrons. The number of aromatic nitrogens is 1. The first-order valence-electron chi connectivity index (χ1n) is 6.93. The minimum Gasteiger partial charge on any atom is -0.315 e. The summed E-state index contributed by atoms with van der Waals surface area (Å²) in [6.45, 7) is 2.73. The smallest absolute Gasteiger partial charge is 0.315 e. The maximum absolute atomic E-state index is 13.1. The van der Waals surface area contributed by atoms with Crippen molar-refractivity contribution in [3.8, 4) is 0 Å². The summed E-state index contributed by atoms with van der Waals surface area (Å²) in [5, 5.41) is 3.35. The van der Waals surface area contributed by atoms with Crippen LogP contribution in [0.2, 0.25) is 0 Å². The van der Waals surface area contributed by atoms with Crippen LogP contribution in [0.3, 0.4) is 0 Å². The fourth-order valence-corrected chi connectivity index (χ4v) is 3.81. The summed E-state index contributed by atoms with van der Waals surface area (Å²) >= 11 is 1.17. The Morgan fingerprint density at radius 3 is 2.67 bits per heavy atom. The van der Waals surface area contributed by atoms with E-state index in [-0.39, 0.29) is 17.5 Å². The number of hydrogen-bond donors (Lipinski definition) is 1. The van der Waals surface area contributed by atoms with E-state index in [0.29, 0.717) is 11.6 Å². The van der Waals surface area contributed by atoms with Crippen molar-refractivity contribution in [2.45, 2.75) is 25.2 Å². The molecule has 1 fully saturated rings. The van der Waals surface area contributed by atoms with Crippen molar-refractivity contribution in [2.75, 3.05) is 40.8 Å². The SMILES string of the molecule is CNCc1sc(C2CN(C)CCCN2C)nc1C(F)(F)F. The van der Waals surface area contributed by atoms with Gasteiger partial charge >= 0.3 is 6.18 Å². The predicted octanol–water partition coefficient (Wildman–Crippen LogP) is 2.19. The van der Waals surface area contributed by atoms with Gasteiger partial charge in [0.1, 0.15) is 5.01 Å². The van der Waals surface area contributed by atoms with Gasteiger partial charge in [0.05, 0.1) is 10.9 Å². The quantitative estimate of drug-likeness (QED) is 0.924. The lowest BCUT2D eigenvalue weighted by atomic mass is 10.2. The van der Waals surface area contributed by atoms with Gasteiger partial charge in [0, 0.05) is 13.1 Å². The molecule has 0 spiro atoms. The second kappa shape index (κ2) is 6.60. The zero-order valence-corrected chi connectivity index (χ0v) is 13.3. The second-order valence-corrected chi connectivity index (χ2v) is 6.58. The first-order valence-corrected chi connectivity index (χ1v) is 7.74. The van der Waals surface area contributed by atoms with Gasteiger partial charge in [0.2, 0.25) is 0 Å². The Balaban J connectivity index is 2.34. The van der Waals surface area contributed by atoms with E-state index in [1.54, 1.807) is 7.05 Å². The zero-order valence-electron chi connectivity index (χ0n) is 12.5. The van der Waals surface area contributed by atoms with Crippen molar-refractivity contribution in [3.05, 3.63) is 15.6 Å². The van der Waals surface area contributed by atoms with Crippen LogP contribution >= 0.6 is 11.3 Å². The Hall–Kier alpha value is -0.700. The molecule has 1 unspecified atom stereocenters. The third kappa shape index (κ3) is 3.94. The molecule has 2 rings (SSSR count). The van der Waals surface area contributed by atoms with E-state index in [2.05, 4.69) is 20.1 Å². The summed E-state index contributed by atoms with van der Waals surface area (Å²) in [7, 11) is 5.60. The van der Waals surface area contributed by atoms with Crippen molar-refractivity contribution in [3.63, 3.8) is 0 Å². The van der Waals surface area contributed by atoms with Crippen molar-refractivity contribution in [1.29, 1.82) is 0 Å². The zero-order chi connectivity index (χ0) is 15.6. The average Bonchev–Trinajstić information content (AvgIpc) is 2.72. The molecule has 21 heavy (non-hydrogen) atoms. The summed E-state index contributed by atoms with van der Waals surface area (Å²) in [5.74, 6) is 0. The molecule has 1 aromatic heterocycles. The summed E-state index contributed by atoms with van der Waals surface area (Å²) < 4.78 is 39.3. The highest BCUT2D eigenvalue weighted by atomic mass is 32.1. The summed E-state index contributed by atoms with van der Waals surface area (Å²) in [6.07, 6.45) is -3.37. The molecule has 0 amide bonds. The molecule has 1 saturated heterocycles. The fourth-order valence-electron chi connectivity index (χ4n) is 2.55. The lowest BCUT2D eigenvalue weighted by Gasteiger charge is -2.25. The molecule has 1 N–H and O–H groups in total. The van der Waals surface area contributed by atoms with Crippen LogP contribution in [0.1, 0.15) is 28.0 Å². The Bertz CT molecular complexity index is 474. The van der Waals surface area contributed by atoms with Crippen LogP contribution in [0.25, 0.3) is 0 Å². The molecular weight excluding hydrogens is 301 g/mol. The number of likely N-dealkylation sites (N-methyl/N-ethyl adjacent to an activating group) is 2. The molecule has 2 heterocycles. The molecule has 8 heteroatoms. The van der Waals surface area contributed by atoms with E-state index in [4.69, 9.17) is 0 Å². The number of nitrogens with zero attached hydrogens (tertiary/aromatic N) is 3. The van der Waals surface area contributed by atoms with Crippen LogP contribution in [-0.2, 0) is 12.7 Å². The molecule has 1 aliphatic rings. The van der Waals surface area contributed by atoms with E-state index in [1.807, 2.05) is 14.1 Å². The summed E-state index contributed by atoms with van der Waals surface area (Å²) in [6, 6.07) is -0.0748. The van der Waals surface area contributed by atoms with E-state index >= 15 is 0 Å². The molecular formula is C13H21F3N4S. The molecule has 0 aliphatic carbocycles. The van der Waals surface area contributed by atoms with Crippen molar-refractivity contribution in [2.24, 2.45) is 0 Å². The topological polar surface area (TPSA) is 31.4 Å². The summed E-state index contributed by atoms with van der Waals surface area (Å²) in [4.78, 5) is 8.46. The Kier molecular flexibility index (Phi) is 5.24. The van der Waals surface area contributed by atoms with Gasteiger partial charge < -0.3 is 10.2 Å². The Morgan fingerprint density at radius 2 is 2.05 bits per heavy atom. The van der Waals surface area contributed by atoms with Crippen LogP contribution in [0.4, 0.5) is 13.2 Å². The molecule has 0 bridgehead atoms. The molecule has 1 aromatic rings. The molecule has 0 radical (unpaired) electrons. The van der Waals surface area contributed by atoms with Gasteiger partial charge in [-0.05, 0) is 40.7 Å². The van der Waals surface area contributed by atoms with Gasteiger partial charge in [-0.15, -0.1) is 11.3 Å². The van der Waals surface area contributed by atoms with Crippen molar-refractivity contribution >= 4 is 11.3 Å². The fraction of sp³-hybridized carbons (Fsp3) is 0.769. The molecule has 4 nitrogen and oxygen atoms in total. The molecule has 0 saturated carbocycles. The Morgan fingerprint density at radius 1 is 1.33 bits per heavy atom. The van der Waals surface area contributed by atoms with Crippen LogP contribution < -0.4 is 5.32 Å². The maximum Gasteiger partial charge on any atom is 0.434 e. The standard InChI is InChI=1S/C13H21F3N4S/c1-17-7-10-11(13(14,15)16)18-12(21-10)9-8-19(2)5-4-6-20(9)3/h9,17H,4-8H2,1-3H3. The first kappa shape index (κ1) is 16.7. The molecule has 0 aromatic carbocycles. The number of nitrogens with one attached hydrogen (secondary N) is 1. The minimum atomic E-state index is -4.39. The average molecular weight is 322 g/mol. The lowest BCUT2D eigenvalue weighted by molar-refractivity contribution is -0.141. The van der Waals surface area contributed by atoms with Crippen LogP contribution in [0.5, 0.6) is 0 Å². The number of alkyl halides is 3. The summed E-state index contributed by atoms with van der Waals surface area (Å²) in [5.41, 5.74) is -0.739. The first-order chi connectivity index (χ1) is 9.82. The van der Waals surface area contributed by atoms with Gasteiger partial charge in [-0.1, -0.05) is 0 Å². The van der Waals surface area contributed by atoms with Crippen LogP contribution in [-0.4, -0.2) is 55.6 Å². The maximum atomic E-state index is 13.1. The Labute approximate surface area is 127 Å². The van der Waals surface area contributed by atoms with Crippen molar-refractivity contribution in [1.82, 2.24) is 20.1 Å². The third-order valence-electron chi connectivity index (χ3n) is 3.67. The van der Waals surface area contributed by atoms with E-state index in [0.717, 1.165) is 19.5 Å². The van der Waals surface area contributed by atoms with E-state index in [9.17, 15) is 13.2 Å². The number of hydrogen-bond acceptors (Lipinski definition) is 5. The van der Waals surface area contributed by atoms with E-state index < -0.39 is 11.9 Å². The predicted molar refractivity (Wildman–Crippen MR) is 77.4 cm³/mol. The number of rotatable bonds is 3. The largest absolute Gasteiger partial charge is 0.434 e. The number of halogens is 3. The monoisotopic (exact) mass is 322 g/mol. The van der Waals surface area contributed by atoms with E-state index in [1.165, 1.54) is 11.3 Å². The van der Waals surface area contributed by atoms with Gasteiger partial charge in [0.25, 0.3) is 0 Å². The highest BCUT2D eigenvalue weighted by Gasteiger charge is 2.38. The molecule has 1 aliphatic heterocycles. The van der Waals surface area contributed by atoms with Gasteiger partial charge in [-0.2, -0.15) is 13.2 Å². The van der Waals surface area contributed by atoms with Crippen LogP contribution in [0.15, 0.2) is 0 Å². The lowest BCUT2D eigenvalue weighted by Crippen LogP contribution is -2.30. The van der Waals surface area contributed by atoms with Gasteiger partial charge in [-0.25, -0.2) is 4.98 Å².